The van der Waals surface area contributed by atoms with Gasteiger partial charge in [0.1, 0.15) is 0 Å². The van der Waals surface area contributed by atoms with Crippen LogP contribution in [0.3, 0.4) is 0 Å². The lowest BCUT2D eigenvalue weighted by Gasteiger charge is -2.30. The zero-order valence-electron chi connectivity index (χ0n) is 9.02. The fourth-order valence-electron chi connectivity index (χ4n) is 2.14. The Labute approximate surface area is 94.5 Å². The van der Waals surface area contributed by atoms with Gasteiger partial charge >= 0.3 is 5.97 Å². The molecule has 0 aromatic heterocycles. The van der Waals surface area contributed by atoms with Crippen LogP contribution in [0, 0.1) is 0 Å². The number of piperidine rings is 1. The molecule has 4 nitrogen and oxygen atoms in total. The van der Waals surface area contributed by atoms with E-state index in [0.717, 1.165) is 24.9 Å². The molecule has 1 aromatic carbocycles. The summed E-state index contributed by atoms with van der Waals surface area (Å²) < 4.78 is 0. The minimum Gasteiger partial charge on any atom is -0.478 e. The molecule has 2 rings (SSSR count). The van der Waals surface area contributed by atoms with Crippen molar-refractivity contribution in [1.29, 1.82) is 0 Å². The van der Waals surface area contributed by atoms with Gasteiger partial charge in [0.15, 0.2) is 0 Å². The molecule has 1 aliphatic rings. The number of aromatic carboxylic acids is 1. The van der Waals surface area contributed by atoms with E-state index in [1.165, 1.54) is 0 Å². The summed E-state index contributed by atoms with van der Waals surface area (Å²) in [5, 5.41) is 12.3. The maximum absolute atomic E-state index is 10.9. The molecule has 0 bridgehead atoms. The number of rotatable bonds is 2. The highest BCUT2D eigenvalue weighted by Crippen LogP contribution is 2.22. The van der Waals surface area contributed by atoms with Crippen molar-refractivity contribution in [3.8, 4) is 0 Å². The summed E-state index contributed by atoms with van der Waals surface area (Å²) >= 11 is 0. The maximum atomic E-state index is 10.9. The van der Waals surface area contributed by atoms with Crippen LogP contribution < -0.4 is 11.1 Å². The maximum Gasteiger partial charge on any atom is 0.335 e. The monoisotopic (exact) mass is 220 g/mol. The normalized spacial score (nSPS) is 25.3. The molecule has 2 atom stereocenters. The van der Waals surface area contributed by atoms with Crippen LogP contribution >= 0.6 is 0 Å². The molecule has 1 heterocycles. The van der Waals surface area contributed by atoms with Crippen molar-refractivity contribution >= 4 is 5.97 Å². The predicted molar refractivity (Wildman–Crippen MR) is 61.4 cm³/mol. The lowest BCUT2D eigenvalue weighted by Crippen LogP contribution is -2.42. The lowest BCUT2D eigenvalue weighted by atomic mass is 9.92. The van der Waals surface area contributed by atoms with Crippen LogP contribution in [0.2, 0.25) is 0 Å². The van der Waals surface area contributed by atoms with E-state index in [2.05, 4.69) is 5.32 Å². The number of benzene rings is 1. The molecule has 0 radical (unpaired) electrons. The van der Waals surface area contributed by atoms with Gasteiger partial charge in [-0.1, -0.05) is 12.1 Å². The number of nitrogens with one attached hydrogen (secondary N) is 1. The number of carboxylic acid groups (broad SMARTS) is 1. The third-order valence-electron chi connectivity index (χ3n) is 3.00. The SMILES string of the molecule is NC1CCCNC1c1cccc(C(=O)O)c1. The Morgan fingerprint density at radius 1 is 1.50 bits per heavy atom. The largest absolute Gasteiger partial charge is 0.478 e. The highest BCUT2D eigenvalue weighted by molar-refractivity contribution is 5.87. The zero-order valence-corrected chi connectivity index (χ0v) is 9.02. The van der Waals surface area contributed by atoms with Crippen LogP contribution in [-0.4, -0.2) is 23.7 Å². The second-order valence-corrected chi connectivity index (χ2v) is 4.17. The first-order valence-corrected chi connectivity index (χ1v) is 5.50. The molecule has 1 saturated heterocycles. The molecule has 1 aliphatic heterocycles. The molecule has 2 unspecified atom stereocenters. The smallest absolute Gasteiger partial charge is 0.335 e. The van der Waals surface area contributed by atoms with Gasteiger partial charge in [-0.3, -0.25) is 0 Å². The van der Waals surface area contributed by atoms with Crippen LogP contribution in [0.4, 0.5) is 0 Å². The second kappa shape index (κ2) is 4.63. The molecule has 0 aliphatic carbocycles. The van der Waals surface area contributed by atoms with Crippen molar-refractivity contribution in [3.63, 3.8) is 0 Å². The average molecular weight is 220 g/mol. The van der Waals surface area contributed by atoms with E-state index in [-0.39, 0.29) is 12.1 Å². The van der Waals surface area contributed by atoms with Gasteiger partial charge in [0.05, 0.1) is 5.56 Å². The van der Waals surface area contributed by atoms with Gasteiger partial charge in [-0.2, -0.15) is 0 Å². The first-order valence-electron chi connectivity index (χ1n) is 5.50. The molecule has 4 heteroatoms. The van der Waals surface area contributed by atoms with Crippen LogP contribution in [-0.2, 0) is 0 Å². The molecular weight excluding hydrogens is 204 g/mol. The van der Waals surface area contributed by atoms with Gasteiger partial charge in [0.25, 0.3) is 0 Å². The summed E-state index contributed by atoms with van der Waals surface area (Å²) in [6, 6.07) is 7.13. The minimum absolute atomic E-state index is 0.0674. The fourth-order valence-corrected chi connectivity index (χ4v) is 2.14. The van der Waals surface area contributed by atoms with E-state index < -0.39 is 5.97 Å². The first kappa shape index (κ1) is 11.1. The summed E-state index contributed by atoms with van der Waals surface area (Å²) in [5.74, 6) is -0.897. The number of carboxylic acids is 1. The Morgan fingerprint density at radius 2 is 2.31 bits per heavy atom. The molecule has 0 saturated carbocycles. The van der Waals surface area contributed by atoms with Gasteiger partial charge in [0, 0.05) is 12.1 Å². The number of hydrogen-bond acceptors (Lipinski definition) is 3. The van der Waals surface area contributed by atoms with Crippen molar-refractivity contribution in [2.24, 2.45) is 5.73 Å². The van der Waals surface area contributed by atoms with E-state index in [4.69, 9.17) is 10.8 Å². The van der Waals surface area contributed by atoms with E-state index in [9.17, 15) is 4.79 Å². The third kappa shape index (κ3) is 2.23. The Kier molecular flexibility index (Phi) is 3.22. The van der Waals surface area contributed by atoms with Crippen molar-refractivity contribution in [2.45, 2.75) is 24.9 Å². The van der Waals surface area contributed by atoms with Gasteiger partial charge in [-0.25, -0.2) is 4.79 Å². The van der Waals surface area contributed by atoms with Crippen LogP contribution in [0.1, 0.15) is 34.8 Å². The number of hydrogen-bond donors (Lipinski definition) is 3. The van der Waals surface area contributed by atoms with Crippen LogP contribution in [0.15, 0.2) is 24.3 Å². The molecule has 16 heavy (non-hydrogen) atoms. The molecule has 1 fully saturated rings. The second-order valence-electron chi connectivity index (χ2n) is 4.17. The molecule has 0 spiro atoms. The molecule has 86 valence electrons. The van der Waals surface area contributed by atoms with E-state index in [0.29, 0.717) is 5.56 Å². The van der Waals surface area contributed by atoms with Crippen LogP contribution in [0.5, 0.6) is 0 Å². The Bertz CT molecular complexity index is 392. The zero-order chi connectivity index (χ0) is 11.5. The molecule has 1 aromatic rings. The molecule has 4 N–H and O–H groups in total. The van der Waals surface area contributed by atoms with Crippen molar-refractivity contribution in [3.05, 3.63) is 35.4 Å². The predicted octanol–water partition coefficient (Wildman–Crippen LogP) is 1.14. The highest BCUT2D eigenvalue weighted by Gasteiger charge is 2.23. The molecule has 0 amide bonds. The Hall–Kier alpha value is -1.39. The van der Waals surface area contributed by atoms with E-state index in [1.54, 1.807) is 18.2 Å². The summed E-state index contributed by atoms with van der Waals surface area (Å²) in [7, 11) is 0. The summed E-state index contributed by atoms with van der Waals surface area (Å²) in [5.41, 5.74) is 7.31. The van der Waals surface area contributed by atoms with Crippen molar-refractivity contribution < 1.29 is 9.90 Å². The number of nitrogens with two attached hydrogens (primary N) is 1. The van der Waals surface area contributed by atoms with E-state index in [1.807, 2.05) is 6.07 Å². The quantitative estimate of drug-likeness (QED) is 0.698. The van der Waals surface area contributed by atoms with Gasteiger partial charge in [-0.05, 0) is 37.1 Å². The van der Waals surface area contributed by atoms with E-state index >= 15 is 0 Å². The summed E-state index contributed by atoms with van der Waals surface area (Å²) in [4.78, 5) is 10.9. The number of carbonyl (C=O) groups is 1. The van der Waals surface area contributed by atoms with Crippen molar-refractivity contribution in [1.82, 2.24) is 5.32 Å². The van der Waals surface area contributed by atoms with Gasteiger partial charge in [0.2, 0.25) is 0 Å². The Morgan fingerprint density at radius 3 is 3.00 bits per heavy atom. The lowest BCUT2D eigenvalue weighted by molar-refractivity contribution is 0.0696. The Balaban J connectivity index is 2.25. The summed E-state index contributed by atoms with van der Waals surface area (Å²) in [6.07, 6.45) is 2.06. The van der Waals surface area contributed by atoms with Crippen LogP contribution in [0.25, 0.3) is 0 Å². The first-order chi connectivity index (χ1) is 7.68. The standard InChI is InChI=1S/C12H16N2O2/c13-10-5-2-6-14-11(10)8-3-1-4-9(7-8)12(15)16/h1,3-4,7,10-11,14H,2,5-6,13H2,(H,15,16). The minimum atomic E-state index is -0.897. The average Bonchev–Trinajstić information content (AvgIpc) is 2.30. The fraction of sp³-hybridized carbons (Fsp3) is 0.417. The summed E-state index contributed by atoms with van der Waals surface area (Å²) in [6.45, 7) is 0.940. The third-order valence-corrected chi connectivity index (χ3v) is 3.00. The van der Waals surface area contributed by atoms with Gasteiger partial charge < -0.3 is 16.2 Å². The topological polar surface area (TPSA) is 75.3 Å². The highest BCUT2D eigenvalue weighted by atomic mass is 16.4. The van der Waals surface area contributed by atoms with Crippen molar-refractivity contribution in [2.75, 3.05) is 6.54 Å². The molecular formula is C12H16N2O2. The van der Waals surface area contributed by atoms with Gasteiger partial charge in [-0.15, -0.1) is 0 Å².